The van der Waals surface area contributed by atoms with Crippen LogP contribution < -0.4 is 4.52 Å². The summed E-state index contributed by atoms with van der Waals surface area (Å²) in [5.41, 5.74) is 0.846. The Kier molecular flexibility index (Phi) is 2.67. The average Bonchev–Trinajstić information content (AvgIpc) is 2.17. The van der Waals surface area contributed by atoms with Crippen molar-refractivity contribution in [1.29, 1.82) is 0 Å². The first-order chi connectivity index (χ1) is 6.73. The zero-order valence-corrected chi connectivity index (χ0v) is 8.18. The molecule has 1 aromatic rings. The van der Waals surface area contributed by atoms with Gasteiger partial charge in [0, 0.05) is 5.56 Å². The van der Waals surface area contributed by atoms with E-state index in [1.807, 2.05) is 12.1 Å². The molecule has 5 nitrogen and oxygen atoms in total. The first kappa shape index (κ1) is 9.83. The van der Waals surface area contributed by atoms with Crippen molar-refractivity contribution in [1.82, 2.24) is 0 Å². The Morgan fingerprint density at radius 2 is 2.21 bits per heavy atom. The number of rotatable bonds is 2. The lowest BCUT2D eigenvalue weighted by Gasteiger charge is -2.20. The number of fused-ring (bicyclic) bond motifs is 1. The van der Waals surface area contributed by atoms with Crippen molar-refractivity contribution < 1.29 is 23.6 Å². The van der Waals surface area contributed by atoms with Crippen LogP contribution in [0, 0.1) is 0 Å². The van der Waals surface area contributed by atoms with E-state index in [1.165, 1.54) is 0 Å². The number of aliphatic hydroxyl groups is 1. The van der Waals surface area contributed by atoms with E-state index in [0.717, 1.165) is 5.56 Å². The second-order valence-electron chi connectivity index (χ2n) is 2.70. The molecule has 2 N–H and O–H groups in total. The summed E-state index contributed by atoms with van der Waals surface area (Å²) >= 11 is 0. The molecular formula is C8H10O5P+. The topological polar surface area (TPSA) is 68.2 Å². The summed E-state index contributed by atoms with van der Waals surface area (Å²) in [6.07, 6.45) is 0. The maximum absolute atomic E-state index is 9.60. The predicted molar refractivity (Wildman–Crippen MR) is 49.2 cm³/mol. The Bertz CT molecular complexity index is 331. The molecule has 0 saturated heterocycles. The molecule has 0 saturated carbocycles. The van der Waals surface area contributed by atoms with E-state index < -0.39 is 15.0 Å². The fourth-order valence-electron chi connectivity index (χ4n) is 1.15. The molecule has 0 spiro atoms. The molecule has 0 radical (unpaired) electrons. The molecule has 0 amide bonds. The first-order valence-corrected chi connectivity index (χ1v) is 5.52. The fraction of sp³-hybridized carbons (Fsp3) is 0.250. The van der Waals surface area contributed by atoms with Crippen LogP contribution in [-0.4, -0.2) is 16.8 Å². The number of hydrogen-bond acceptors (Lipinski definition) is 5. The van der Waals surface area contributed by atoms with Crippen LogP contribution >= 0.6 is 8.17 Å². The van der Waals surface area contributed by atoms with Crippen LogP contribution in [0.3, 0.4) is 0 Å². The van der Waals surface area contributed by atoms with Gasteiger partial charge in [-0.25, -0.2) is 0 Å². The van der Waals surface area contributed by atoms with E-state index in [4.69, 9.17) is 14.2 Å². The molecule has 1 heterocycles. The number of benzene rings is 1. The third-order valence-electron chi connectivity index (χ3n) is 1.79. The average molecular weight is 217 g/mol. The zero-order valence-electron chi connectivity index (χ0n) is 7.29. The lowest BCUT2D eigenvalue weighted by atomic mass is 10.2. The molecule has 1 aliphatic rings. The number of hydrogen-bond donors (Lipinski definition) is 2. The fourth-order valence-corrected chi connectivity index (χ4v) is 2.21. The van der Waals surface area contributed by atoms with Crippen molar-refractivity contribution in [3.8, 4) is 5.75 Å². The van der Waals surface area contributed by atoms with Crippen LogP contribution in [0.1, 0.15) is 5.56 Å². The van der Waals surface area contributed by atoms with Crippen LogP contribution in [0.15, 0.2) is 24.3 Å². The number of para-hydroxylation sites is 1. The Hall–Kier alpha value is -0.710. The monoisotopic (exact) mass is 217 g/mol. The van der Waals surface area contributed by atoms with Gasteiger partial charge in [-0.15, -0.1) is 9.05 Å². The van der Waals surface area contributed by atoms with Crippen molar-refractivity contribution in [3.05, 3.63) is 29.8 Å². The third-order valence-corrected chi connectivity index (χ3v) is 3.11. The zero-order chi connectivity index (χ0) is 10.0. The van der Waals surface area contributed by atoms with Crippen molar-refractivity contribution >= 4 is 8.17 Å². The molecule has 6 heteroatoms. The van der Waals surface area contributed by atoms with Crippen LogP contribution in [0.2, 0.25) is 0 Å². The highest BCUT2D eigenvalue weighted by Gasteiger charge is 2.50. The molecule has 76 valence electrons. The largest absolute Gasteiger partial charge is 0.621 e. The molecule has 0 bridgehead atoms. The van der Waals surface area contributed by atoms with Crippen molar-refractivity contribution in [2.45, 2.75) is 6.61 Å². The molecule has 1 atom stereocenters. The minimum Gasteiger partial charge on any atom is -0.367 e. The lowest BCUT2D eigenvalue weighted by Crippen LogP contribution is -2.15. The molecule has 1 aliphatic heterocycles. The predicted octanol–water partition coefficient (Wildman–Crippen LogP) is 1.23. The highest BCUT2D eigenvalue weighted by atomic mass is 31.2. The van der Waals surface area contributed by atoms with Crippen LogP contribution in [0.5, 0.6) is 5.75 Å². The summed E-state index contributed by atoms with van der Waals surface area (Å²) in [6, 6.07) is 7.18. The third kappa shape index (κ3) is 1.87. The normalized spacial score (nSPS) is 25.3. The van der Waals surface area contributed by atoms with Gasteiger partial charge in [0.25, 0.3) is 0 Å². The summed E-state index contributed by atoms with van der Waals surface area (Å²) in [5, 5.41) is 8.52. The molecule has 1 unspecified atom stereocenters. The Labute approximate surface area is 81.5 Å². The minimum absolute atomic E-state index is 0.223. The van der Waals surface area contributed by atoms with E-state index in [9.17, 15) is 4.89 Å². The van der Waals surface area contributed by atoms with Gasteiger partial charge < -0.3 is 5.11 Å². The van der Waals surface area contributed by atoms with Gasteiger partial charge in [0.2, 0.25) is 0 Å². The highest BCUT2D eigenvalue weighted by molar-refractivity contribution is 7.55. The van der Waals surface area contributed by atoms with Gasteiger partial charge in [-0.2, -0.15) is 4.89 Å². The van der Waals surface area contributed by atoms with E-state index >= 15 is 0 Å². The summed E-state index contributed by atoms with van der Waals surface area (Å²) in [7, 11) is -3.35. The van der Waals surface area contributed by atoms with E-state index in [0.29, 0.717) is 5.75 Å². The standard InChI is InChI=1S/C8H10O5P/c9-6-12-14(10)11-5-7-3-1-2-4-8(7)13-14/h1-4,9-10H,5-6H2/q+1. The van der Waals surface area contributed by atoms with E-state index in [1.54, 1.807) is 12.1 Å². The lowest BCUT2D eigenvalue weighted by molar-refractivity contribution is 0.0284. The molecular weight excluding hydrogens is 207 g/mol. The molecule has 0 aromatic heterocycles. The van der Waals surface area contributed by atoms with Crippen LogP contribution in [0.4, 0.5) is 0 Å². The van der Waals surface area contributed by atoms with Crippen LogP contribution in [0.25, 0.3) is 0 Å². The highest BCUT2D eigenvalue weighted by Crippen LogP contribution is 2.61. The van der Waals surface area contributed by atoms with Crippen molar-refractivity contribution in [2.75, 3.05) is 6.79 Å². The second-order valence-corrected chi connectivity index (χ2v) is 4.34. The van der Waals surface area contributed by atoms with E-state index in [2.05, 4.69) is 4.52 Å². The SMILES string of the molecule is OCO[P+]1(O)OCc2ccccc2O1. The molecule has 0 fully saturated rings. The molecule has 14 heavy (non-hydrogen) atoms. The number of aliphatic hydroxyl groups excluding tert-OH is 1. The van der Waals surface area contributed by atoms with Gasteiger partial charge in [-0.3, -0.25) is 4.52 Å². The maximum atomic E-state index is 9.60. The summed E-state index contributed by atoms with van der Waals surface area (Å²) in [6.45, 7) is -0.410. The van der Waals surface area contributed by atoms with Gasteiger partial charge in [0.05, 0.1) is 0 Å². The molecule has 2 rings (SSSR count). The van der Waals surface area contributed by atoms with Gasteiger partial charge in [0.1, 0.15) is 6.61 Å². The summed E-state index contributed by atoms with van der Waals surface area (Å²) in [5.74, 6) is 0.531. The molecule has 1 aromatic carbocycles. The Balaban J connectivity index is 2.20. The summed E-state index contributed by atoms with van der Waals surface area (Å²) in [4.78, 5) is 9.60. The van der Waals surface area contributed by atoms with E-state index in [-0.39, 0.29) is 6.61 Å². The van der Waals surface area contributed by atoms with Gasteiger partial charge in [0.15, 0.2) is 12.5 Å². The smallest absolute Gasteiger partial charge is 0.367 e. The second kappa shape index (κ2) is 3.81. The minimum atomic E-state index is -3.35. The Morgan fingerprint density at radius 3 is 3.00 bits per heavy atom. The molecule has 0 aliphatic carbocycles. The van der Waals surface area contributed by atoms with Crippen molar-refractivity contribution in [3.63, 3.8) is 0 Å². The van der Waals surface area contributed by atoms with Gasteiger partial charge >= 0.3 is 8.17 Å². The quantitative estimate of drug-likeness (QED) is 0.576. The summed E-state index contributed by atoms with van der Waals surface area (Å²) < 4.78 is 14.7. The maximum Gasteiger partial charge on any atom is 0.621 e. The first-order valence-electron chi connectivity index (χ1n) is 4.03. The van der Waals surface area contributed by atoms with Crippen LogP contribution in [-0.2, 0) is 15.7 Å². The van der Waals surface area contributed by atoms with Crippen molar-refractivity contribution in [2.24, 2.45) is 0 Å². The van der Waals surface area contributed by atoms with Gasteiger partial charge in [-0.05, 0) is 6.07 Å². The van der Waals surface area contributed by atoms with Gasteiger partial charge in [-0.1, -0.05) is 18.2 Å². The Morgan fingerprint density at radius 1 is 1.43 bits per heavy atom.